The van der Waals surface area contributed by atoms with Gasteiger partial charge in [-0.3, -0.25) is 4.40 Å². The smallest absolute Gasteiger partial charge is 0.348 e. The molecule has 0 saturated carbocycles. The molecule has 82 valence electrons. The Morgan fingerprint density at radius 3 is 3.31 bits per heavy atom. The van der Waals surface area contributed by atoms with Crippen molar-refractivity contribution in [3.63, 3.8) is 0 Å². The van der Waals surface area contributed by atoms with Crippen LogP contribution in [0.1, 0.15) is 16.6 Å². The molecular formula is C10H8N2O2S2. The molecule has 3 aromatic rings. The lowest BCUT2D eigenvalue weighted by Gasteiger charge is -1.96. The summed E-state index contributed by atoms with van der Waals surface area (Å²) >= 11 is 2.96. The average Bonchev–Trinajstić information content (AvgIpc) is 2.87. The summed E-state index contributed by atoms with van der Waals surface area (Å²) < 4.78 is 6.94. The molecule has 0 atom stereocenters. The number of hydrogen-bond acceptors (Lipinski definition) is 5. The molecule has 0 unspecified atom stereocenters. The average molecular weight is 252 g/mol. The summed E-state index contributed by atoms with van der Waals surface area (Å²) in [7, 11) is 0. The zero-order chi connectivity index (χ0) is 11.1. The Labute approximate surface area is 99.1 Å². The van der Waals surface area contributed by atoms with Gasteiger partial charge in [-0.15, -0.1) is 22.7 Å². The fourth-order valence-corrected chi connectivity index (χ4v) is 3.24. The lowest BCUT2D eigenvalue weighted by molar-refractivity contribution is 0.0532. The summed E-state index contributed by atoms with van der Waals surface area (Å²) in [5.41, 5.74) is 0.976. The van der Waals surface area contributed by atoms with Gasteiger partial charge in [-0.25, -0.2) is 9.78 Å². The Morgan fingerprint density at radius 2 is 2.50 bits per heavy atom. The van der Waals surface area contributed by atoms with E-state index in [4.69, 9.17) is 4.74 Å². The Hall–Kier alpha value is -1.40. The third-order valence-corrected chi connectivity index (χ3v) is 3.97. The Morgan fingerprint density at radius 1 is 1.62 bits per heavy atom. The second-order valence-corrected chi connectivity index (χ2v) is 5.09. The van der Waals surface area contributed by atoms with Crippen molar-refractivity contribution in [1.82, 2.24) is 9.38 Å². The first-order valence-electron chi connectivity index (χ1n) is 4.82. The number of imidazole rings is 1. The number of rotatable bonds is 2. The van der Waals surface area contributed by atoms with E-state index in [9.17, 15) is 4.79 Å². The van der Waals surface area contributed by atoms with Crippen molar-refractivity contribution in [3.8, 4) is 0 Å². The topological polar surface area (TPSA) is 43.6 Å². The van der Waals surface area contributed by atoms with Gasteiger partial charge in [0, 0.05) is 11.6 Å². The summed E-state index contributed by atoms with van der Waals surface area (Å²) in [6, 6.07) is 1.84. The molecule has 0 aliphatic heterocycles. The summed E-state index contributed by atoms with van der Waals surface area (Å²) in [5, 5.41) is 1.98. The van der Waals surface area contributed by atoms with Crippen LogP contribution in [0.25, 0.3) is 15.3 Å². The molecule has 0 fully saturated rings. The number of carbonyl (C=O) groups is 1. The van der Waals surface area contributed by atoms with Crippen molar-refractivity contribution in [2.45, 2.75) is 6.92 Å². The molecule has 0 bridgehead atoms. The van der Waals surface area contributed by atoms with Crippen LogP contribution in [0.2, 0.25) is 0 Å². The van der Waals surface area contributed by atoms with E-state index in [1.165, 1.54) is 11.3 Å². The third-order valence-electron chi connectivity index (χ3n) is 2.22. The predicted octanol–water partition coefficient (Wildman–Crippen LogP) is 2.79. The molecule has 3 heterocycles. The number of thiazole rings is 1. The number of esters is 1. The van der Waals surface area contributed by atoms with Crippen LogP contribution >= 0.6 is 22.7 Å². The molecule has 0 spiro atoms. The molecule has 3 aromatic heterocycles. The number of thiophene rings is 1. The van der Waals surface area contributed by atoms with Gasteiger partial charge in [-0.1, -0.05) is 0 Å². The minimum Gasteiger partial charge on any atom is -0.462 e. The first kappa shape index (κ1) is 9.80. The van der Waals surface area contributed by atoms with E-state index in [1.54, 1.807) is 18.3 Å². The van der Waals surface area contributed by atoms with Crippen LogP contribution in [0.4, 0.5) is 0 Å². The molecule has 0 aliphatic carbocycles. The van der Waals surface area contributed by atoms with Crippen molar-refractivity contribution in [1.29, 1.82) is 0 Å². The molecule has 0 N–H and O–H groups in total. The highest BCUT2D eigenvalue weighted by Gasteiger charge is 2.15. The number of aromatic nitrogens is 2. The van der Waals surface area contributed by atoms with Crippen molar-refractivity contribution in [2.75, 3.05) is 6.61 Å². The number of carbonyl (C=O) groups excluding carboxylic acids is 1. The maximum Gasteiger partial charge on any atom is 0.348 e. The third kappa shape index (κ3) is 1.34. The number of ether oxygens (including phenoxy) is 1. The van der Waals surface area contributed by atoms with Gasteiger partial charge in [0.15, 0.2) is 4.96 Å². The van der Waals surface area contributed by atoms with E-state index >= 15 is 0 Å². The molecule has 6 heteroatoms. The van der Waals surface area contributed by atoms with Gasteiger partial charge in [0.2, 0.25) is 0 Å². The van der Waals surface area contributed by atoms with Gasteiger partial charge >= 0.3 is 5.97 Å². The van der Waals surface area contributed by atoms with Gasteiger partial charge in [-0.2, -0.15) is 0 Å². The van der Waals surface area contributed by atoms with Gasteiger partial charge in [0.25, 0.3) is 0 Å². The first-order chi connectivity index (χ1) is 7.79. The minimum absolute atomic E-state index is 0.269. The Bertz CT molecular complexity index is 665. The van der Waals surface area contributed by atoms with Crippen LogP contribution in [0.15, 0.2) is 17.6 Å². The predicted molar refractivity (Wildman–Crippen MR) is 64.4 cm³/mol. The monoisotopic (exact) mass is 252 g/mol. The van der Waals surface area contributed by atoms with Gasteiger partial charge in [-0.05, 0) is 13.0 Å². The fourth-order valence-electron chi connectivity index (χ4n) is 1.55. The molecule has 0 aliphatic rings. The maximum atomic E-state index is 11.5. The van der Waals surface area contributed by atoms with Crippen LogP contribution in [-0.4, -0.2) is 22.0 Å². The van der Waals surface area contributed by atoms with Gasteiger partial charge in [0.05, 0.1) is 12.1 Å². The Balaban J connectivity index is 2.14. The number of nitrogens with zero attached hydrogens (tertiary/aromatic N) is 2. The molecule has 0 saturated heterocycles. The normalized spacial score (nSPS) is 11.3. The van der Waals surface area contributed by atoms with Crippen LogP contribution < -0.4 is 0 Å². The van der Waals surface area contributed by atoms with Crippen LogP contribution in [0.3, 0.4) is 0 Å². The summed E-state index contributed by atoms with van der Waals surface area (Å²) in [5.74, 6) is -0.269. The van der Waals surface area contributed by atoms with E-state index < -0.39 is 0 Å². The number of fused-ring (bicyclic) bond motifs is 3. The largest absolute Gasteiger partial charge is 0.462 e. The van der Waals surface area contributed by atoms with E-state index in [0.29, 0.717) is 11.5 Å². The molecule has 4 nitrogen and oxygen atoms in total. The van der Waals surface area contributed by atoms with Gasteiger partial charge in [0.1, 0.15) is 9.71 Å². The zero-order valence-electron chi connectivity index (χ0n) is 8.47. The number of hydrogen-bond donors (Lipinski definition) is 0. The quantitative estimate of drug-likeness (QED) is 0.659. The molecule has 0 radical (unpaired) electrons. The maximum absolute atomic E-state index is 11.5. The first-order valence-corrected chi connectivity index (χ1v) is 6.51. The van der Waals surface area contributed by atoms with Crippen LogP contribution in [-0.2, 0) is 4.74 Å². The summed E-state index contributed by atoms with van der Waals surface area (Å²) in [6.45, 7) is 2.20. The zero-order valence-corrected chi connectivity index (χ0v) is 10.1. The SMILES string of the molecule is CCOC(=O)c1cc2c(nc3sccn32)s1. The van der Waals surface area contributed by atoms with Crippen molar-refractivity contribution in [3.05, 3.63) is 22.5 Å². The van der Waals surface area contributed by atoms with Gasteiger partial charge < -0.3 is 4.74 Å². The van der Waals surface area contributed by atoms with E-state index in [2.05, 4.69) is 4.98 Å². The summed E-state index contributed by atoms with van der Waals surface area (Å²) in [4.78, 5) is 18.4. The second-order valence-electron chi connectivity index (χ2n) is 3.19. The highest BCUT2D eigenvalue weighted by atomic mass is 32.1. The lowest BCUT2D eigenvalue weighted by atomic mass is 10.4. The molecule has 0 aromatic carbocycles. The molecular weight excluding hydrogens is 244 g/mol. The fraction of sp³-hybridized carbons (Fsp3) is 0.200. The van der Waals surface area contributed by atoms with E-state index in [0.717, 1.165) is 15.3 Å². The van der Waals surface area contributed by atoms with Crippen LogP contribution in [0, 0.1) is 0 Å². The molecule has 0 amide bonds. The van der Waals surface area contributed by atoms with Crippen LogP contribution in [0.5, 0.6) is 0 Å². The standard InChI is InChI=1S/C10H8N2O2S2/c1-2-14-9(13)7-5-6-8(16-7)11-10-12(6)3-4-15-10/h3-5H,2H2,1H3. The summed E-state index contributed by atoms with van der Waals surface area (Å²) in [6.07, 6.45) is 1.96. The van der Waals surface area contributed by atoms with Crippen molar-refractivity contribution >= 4 is 44.0 Å². The minimum atomic E-state index is -0.269. The highest BCUT2D eigenvalue weighted by Crippen LogP contribution is 2.28. The van der Waals surface area contributed by atoms with E-state index in [-0.39, 0.29) is 5.97 Å². The lowest BCUT2D eigenvalue weighted by Crippen LogP contribution is -2.01. The van der Waals surface area contributed by atoms with Crippen molar-refractivity contribution < 1.29 is 9.53 Å². The van der Waals surface area contributed by atoms with Crippen molar-refractivity contribution in [2.24, 2.45) is 0 Å². The van der Waals surface area contributed by atoms with E-state index in [1.807, 2.05) is 22.0 Å². The second kappa shape index (κ2) is 3.57. The highest BCUT2D eigenvalue weighted by molar-refractivity contribution is 7.21. The molecule has 3 rings (SSSR count). The molecule has 16 heavy (non-hydrogen) atoms. The Kier molecular flexibility index (Phi) is 2.19.